The van der Waals surface area contributed by atoms with Gasteiger partial charge in [0.1, 0.15) is 0 Å². The first kappa shape index (κ1) is 12.3. The molecule has 0 saturated heterocycles. The predicted octanol–water partition coefficient (Wildman–Crippen LogP) is 3.36. The van der Waals surface area contributed by atoms with E-state index in [2.05, 4.69) is 5.32 Å². The molecule has 0 bridgehead atoms. The number of carbonyl (C=O) groups is 1. The summed E-state index contributed by atoms with van der Waals surface area (Å²) in [5, 5.41) is 2.82. The van der Waals surface area contributed by atoms with Crippen LogP contribution in [0.4, 0.5) is 5.69 Å². The molecule has 2 aromatic carbocycles. The van der Waals surface area contributed by atoms with Crippen LogP contribution in [0.15, 0.2) is 60.7 Å². The lowest BCUT2D eigenvalue weighted by Gasteiger charge is -2.03. The SMILES string of the molecule is Cl.O=C(Nc1ccccc1)c1ccccc1. The molecule has 1 N–H and O–H groups in total. The second kappa shape index (κ2) is 5.93. The molecule has 0 saturated carbocycles. The number of hydrogen-bond donors (Lipinski definition) is 1. The van der Waals surface area contributed by atoms with E-state index in [1.54, 1.807) is 12.1 Å². The average Bonchev–Trinajstić information content (AvgIpc) is 2.31. The summed E-state index contributed by atoms with van der Waals surface area (Å²) in [7, 11) is 0. The molecule has 0 heterocycles. The van der Waals surface area contributed by atoms with Gasteiger partial charge >= 0.3 is 0 Å². The standard InChI is InChI=1S/C13H11NO.ClH/c15-13(11-7-3-1-4-8-11)14-12-9-5-2-6-10-12;/h1-10H,(H,14,15);1H. The van der Waals surface area contributed by atoms with Crippen LogP contribution in [-0.4, -0.2) is 5.91 Å². The van der Waals surface area contributed by atoms with Crippen LogP contribution in [0.3, 0.4) is 0 Å². The monoisotopic (exact) mass is 233 g/mol. The number of hydrogen-bond acceptors (Lipinski definition) is 1. The number of benzene rings is 2. The molecule has 3 heteroatoms. The molecular formula is C13H12ClNO. The Labute approximate surface area is 101 Å². The van der Waals surface area contributed by atoms with Crippen molar-refractivity contribution in [2.24, 2.45) is 0 Å². The van der Waals surface area contributed by atoms with Crippen molar-refractivity contribution in [3.05, 3.63) is 66.2 Å². The average molecular weight is 234 g/mol. The van der Waals surface area contributed by atoms with Gasteiger partial charge in [-0.25, -0.2) is 0 Å². The zero-order valence-corrected chi connectivity index (χ0v) is 9.41. The third-order valence-electron chi connectivity index (χ3n) is 2.07. The Bertz CT molecular complexity index is 442. The molecule has 0 aromatic heterocycles. The number of nitrogens with one attached hydrogen (secondary N) is 1. The molecule has 1 amide bonds. The van der Waals surface area contributed by atoms with Crippen molar-refractivity contribution in [3.63, 3.8) is 0 Å². The lowest BCUT2D eigenvalue weighted by Crippen LogP contribution is -2.11. The summed E-state index contributed by atoms with van der Waals surface area (Å²) >= 11 is 0. The minimum absolute atomic E-state index is 0. The van der Waals surface area contributed by atoms with E-state index >= 15 is 0 Å². The summed E-state index contributed by atoms with van der Waals surface area (Å²) in [6.07, 6.45) is 0. The molecule has 2 nitrogen and oxygen atoms in total. The van der Waals surface area contributed by atoms with Gasteiger partial charge in [0.25, 0.3) is 5.91 Å². The number of amides is 1. The van der Waals surface area contributed by atoms with Gasteiger partial charge in [0.15, 0.2) is 0 Å². The predicted molar refractivity (Wildman–Crippen MR) is 68.1 cm³/mol. The fraction of sp³-hybridized carbons (Fsp3) is 0. The minimum Gasteiger partial charge on any atom is -0.322 e. The van der Waals surface area contributed by atoms with E-state index in [1.165, 1.54) is 0 Å². The van der Waals surface area contributed by atoms with Gasteiger partial charge in [-0.15, -0.1) is 12.4 Å². The fourth-order valence-electron chi connectivity index (χ4n) is 1.31. The molecule has 0 aliphatic carbocycles. The molecule has 16 heavy (non-hydrogen) atoms. The Balaban J connectivity index is 0.00000128. The maximum Gasteiger partial charge on any atom is 0.255 e. The highest BCUT2D eigenvalue weighted by molar-refractivity contribution is 6.04. The van der Waals surface area contributed by atoms with Crippen LogP contribution >= 0.6 is 12.4 Å². The third-order valence-corrected chi connectivity index (χ3v) is 2.07. The Morgan fingerprint density at radius 2 is 1.31 bits per heavy atom. The highest BCUT2D eigenvalue weighted by Gasteiger charge is 2.03. The van der Waals surface area contributed by atoms with Crippen LogP contribution in [-0.2, 0) is 0 Å². The summed E-state index contributed by atoms with van der Waals surface area (Å²) in [6, 6.07) is 18.6. The zero-order chi connectivity index (χ0) is 10.5. The zero-order valence-electron chi connectivity index (χ0n) is 8.59. The number of carbonyl (C=O) groups excluding carboxylic acids is 1. The minimum atomic E-state index is -0.0817. The lowest BCUT2D eigenvalue weighted by atomic mass is 10.2. The Morgan fingerprint density at radius 1 is 0.812 bits per heavy atom. The summed E-state index contributed by atoms with van der Waals surface area (Å²) in [6.45, 7) is 0. The molecule has 0 aliphatic heterocycles. The van der Waals surface area contributed by atoms with E-state index in [9.17, 15) is 4.79 Å². The Hall–Kier alpha value is -1.80. The van der Waals surface area contributed by atoms with E-state index in [0.29, 0.717) is 5.56 Å². The summed E-state index contributed by atoms with van der Waals surface area (Å²) in [5.74, 6) is -0.0817. The largest absolute Gasteiger partial charge is 0.322 e. The van der Waals surface area contributed by atoms with Crippen molar-refractivity contribution >= 4 is 24.0 Å². The topological polar surface area (TPSA) is 29.1 Å². The van der Waals surface area contributed by atoms with Gasteiger partial charge in [0, 0.05) is 11.3 Å². The molecule has 0 spiro atoms. The first-order valence-electron chi connectivity index (χ1n) is 4.78. The molecule has 0 fully saturated rings. The lowest BCUT2D eigenvalue weighted by molar-refractivity contribution is 0.102. The molecule has 0 unspecified atom stereocenters. The third kappa shape index (κ3) is 3.11. The van der Waals surface area contributed by atoms with Gasteiger partial charge < -0.3 is 5.32 Å². The van der Waals surface area contributed by atoms with Crippen molar-refractivity contribution in [1.29, 1.82) is 0 Å². The molecule has 0 atom stereocenters. The maximum absolute atomic E-state index is 11.7. The molecule has 2 rings (SSSR count). The number of para-hydroxylation sites is 1. The van der Waals surface area contributed by atoms with E-state index < -0.39 is 0 Å². The van der Waals surface area contributed by atoms with Crippen molar-refractivity contribution < 1.29 is 4.79 Å². The van der Waals surface area contributed by atoms with Gasteiger partial charge in [-0.05, 0) is 24.3 Å². The Kier molecular flexibility index (Phi) is 4.55. The van der Waals surface area contributed by atoms with Gasteiger partial charge in [-0.2, -0.15) is 0 Å². The van der Waals surface area contributed by atoms with E-state index in [-0.39, 0.29) is 18.3 Å². The number of anilines is 1. The van der Waals surface area contributed by atoms with Gasteiger partial charge in [0.05, 0.1) is 0 Å². The van der Waals surface area contributed by atoms with Gasteiger partial charge in [0.2, 0.25) is 0 Å². The van der Waals surface area contributed by atoms with E-state index in [4.69, 9.17) is 0 Å². The highest BCUT2D eigenvalue weighted by atomic mass is 35.5. The summed E-state index contributed by atoms with van der Waals surface area (Å²) < 4.78 is 0. The molecule has 0 aliphatic rings. The smallest absolute Gasteiger partial charge is 0.255 e. The molecule has 0 radical (unpaired) electrons. The fourth-order valence-corrected chi connectivity index (χ4v) is 1.31. The molecular weight excluding hydrogens is 222 g/mol. The second-order valence-electron chi connectivity index (χ2n) is 3.19. The number of halogens is 1. The number of rotatable bonds is 2. The molecule has 82 valence electrons. The summed E-state index contributed by atoms with van der Waals surface area (Å²) in [4.78, 5) is 11.7. The van der Waals surface area contributed by atoms with Crippen LogP contribution in [0, 0.1) is 0 Å². The first-order chi connectivity index (χ1) is 7.36. The van der Waals surface area contributed by atoms with E-state index in [1.807, 2.05) is 48.5 Å². The van der Waals surface area contributed by atoms with Gasteiger partial charge in [-0.3, -0.25) is 4.79 Å². The van der Waals surface area contributed by atoms with Crippen LogP contribution < -0.4 is 5.32 Å². The van der Waals surface area contributed by atoms with E-state index in [0.717, 1.165) is 5.69 Å². The van der Waals surface area contributed by atoms with Crippen LogP contribution in [0.1, 0.15) is 10.4 Å². The molecule has 2 aromatic rings. The van der Waals surface area contributed by atoms with Crippen molar-refractivity contribution in [2.75, 3.05) is 5.32 Å². The second-order valence-corrected chi connectivity index (χ2v) is 3.19. The van der Waals surface area contributed by atoms with Gasteiger partial charge in [-0.1, -0.05) is 36.4 Å². The summed E-state index contributed by atoms with van der Waals surface area (Å²) in [5.41, 5.74) is 1.48. The van der Waals surface area contributed by atoms with Crippen molar-refractivity contribution in [3.8, 4) is 0 Å². The van der Waals surface area contributed by atoms with Crippen molar-refractivity contribution in [2.45, 2.75) is 0 Å². The quantitative estimate of drug-likeness (QED) is 0.847. The van der Waals surface area contributed by atoms with Crippen molar-refractivity contribution in [1.82, 2.24) is 0 Å². The Morgan fingerprint density at radius 3 is 1.88 bits per heavy atom. The maximum atomic E-state index is 11.7. The van der Waals surface area contributed by atoms with Crippen LogP contribution in [0.5, 0.6) is 0 Å². The normalized spacial score (nSPS) is 9.00. The van der Waals surface area contributed by atoms with Crippen LogP contribution in [0.25, 0.3) is 0 Å². The highest BCUT2D eigenvalue weighted by Crippen LogP contribution is 2.07. The van der Waals surface area contributed by atoms with Crippen LogP contribution in [0.2, 0.25) is 0 Å². The first-order valence-corrected chi connectivity index (χ1v) is 4.78.